The Hall–Kier alpha value is -0.0800. The second kappa shape index (κ2) is 11.5. The molecule has 4 nitrogen and oxygen atoms in total. The smallest absolute Gasteiger partial charge is 0.193 e. The largest absolute Gasteiger partial charge is 0.356 e. The van der Waals surface area contributed by atoms with E-state index in [1.807, 2.05) is 49.7 Å². The third-order valence-electron chi connectivity index (χ3n) is 3.11. The van der Waals surface area contributed by atoms with E-state index in [1.165, 1.54) is 24.3 Å². The molecule has 1 aromatic rings. The van der Waals surface area contributed by atoms with Crippen LogP contribution in [0.25, 0.3) is 0 Å². The molecule has 0 saturated carbocycles. The molecule has 7 heteroatoms. The van der Waals surface area contributed by atoms with E-state index in [9.17, 15) is 0 Å². The summed E-state index contributed by atoms with van der Waals surface area (Å²) < 4.78 is 2.05. The van der Waals surface area contributed by atoms with Crippen molar-refractivity contribution in [2.75, 3.05) is 32.6 Å². The summed E-state index contributed by atoms with van der Waals surface area (Å²) >= 11 is 7.90. The van der Waals surface area contributed by atoms with Crippen LogP contribution in [0, 0.1) is 0 Å². The van der Waals surface area contributed by atoms with Crippen LogP contribution >= 0.6 is 47.3 Å². The highest BCUT2D eigenvalue weighted by Crippen LogP contribution is 2.14. The zero-order chi connectivity index (χ0) is 15.0. The number of aromatic nitrogens is 1. The molecule has 0 aromatic carbocycles. The van der Waals surface area contributed by atoms with E-state index >= 15 is 0 Å². The number of guanidine groups is 1. The Morgan fingerprint density at radius 2 is 2.19 bits per heavy atom. The molecule has 0 atom stereocenters. The van der Waals surface area contributed by atoms with Crippen LogP contribution in [0.2, 0.25) is 5.02 Å². The van der Waals surface area contributed by atoms with Gasteiger partial charge in [-0.25, -0.2) is 0 Å². The third kappa shape index (κ3) is 7.65. The van der Waals surface area contributed by atoms with E-state index in [0.717, 1.165) is 24.1 Å². The Labute approximate surface area is 154 Å². The van der Waals surface area contributed by atoms with Crippen molar-refractivity contribution < 1.29 is 0 Å². The zero-order valence-corrected chi connectivity index (χ0v) is 17.1. The third-order valence-corrected chi connectivity index (χ3v) is 4.01. The Bertz CT molecular complexity index is 437. The molecule has 1 aromatic heterocycles. The highest BCUT2D eigenvalue weighted by atomic mass is 127. The summed E-state index contributed by atoms with van der Waals surface area (Å²) in [6.45, 7) is 1.75. The van der Waals surface area contributed by atoms with Crippen molar-refractivity contribution in [2.45, 2.75) is 19.4 Å². The number of thioether (sulfide) groups is 1. The van der Waals surface area contributed by atoms with E-state index < -0.39 is 0 Å². The van der Waals surface area contributed by atoms with Gasteiger partial charge in [-0.3, -0.25) is 4.99 Å². The monoisotopic (exact) mass is 444 g/mol. The van der Waals surface area contributed by atoms with Crippen molar-refractivity contribution in [3.8, 4) is 0 Å². The van der Waals surface area contributed by atoms with Crippen LogP contribution in [0.4, 0.5) is 0 Å². The van der Waals surface area contributed by atoms with Gasteiger partial charge in [0.2, 0.25) is 0 Å². The average Bonchev–Trinajstić information content (AvgIpc) is 2.72. The molecule has 1 heterocycles. The molecule has 0 radical (unpaired) electrons. The normalized spacial score (nSPS) is 11.2. The van der Waals surface area contributed by atoms with Crippen LogP contribution in [0.3, 0.4) is 0 Å². The maximum absolute atomic E-state index is 6.01. The Morgan fingerprint density at radius 3 is 2.71 bits per heavy atom. The topological polar surface area (TPSA) is 32.6 Å². The quantitative estimate of drug-likeness (QED) is 0.303. The maximum Gasteiger partial charge on any atom is 0.193 e. The fourth-order valence-corrected chi connectivity index (χ4v) is 2.76. The lowest BCUT2D eigenvalue weighted by atomic mass is 10.3. The highest BCUT2D eigenvalue weighted by molar-refractivity contribution is 14.0. The molecule has 0 spiro atoms. The summed E-state index contributed by atoms with van der Waals surface area (Å²) in [5.41, 5.74) is 1.17. The first-order valence-electron chi connectivity index (χ1n) is 6.80. The second-order valence-corrected chi connectivity index (χ2v) is 6.21. The predicted molar refractivity (Wildman–Crippen MR) is 106 cm³/mol. The summed E-state index contributed by atoms with van der Waals surface area (Å²) in [5.74, 6) is 2.14. The van der Waals surface area contributed by atoms with E-state index in [1.54, 1.807) is 0 Å². The molecular weight excluding hydrogens is 419 g/mol. The van der Waals surface area contributed by atoms with Crippen LogP contribution in [0.15, 0.2) is 17.3 Å². The van der Waals surface area contributed by atoms with Gasteiger partial charge in [-0.15, -0.1) is 24.0 Å². The van der Waals surface area contributed by atoms with Crippen molar-refractivity contribution in [2.24, 2.45) is 12.0 Å². The molecule has 0 bridgehead atoms. The van der Waals surface area contributed by atoms with Crippen molar-refractivity contribution in [3.05, 3.63) is 23.0 Å². The minimum atomic E-state index is 0. The lowest BCUT2D eigenvalue weighted by Crippen LogP contribution is -2.39. The molecular formula is C14H26ClIN4S. The number of hydrogen-bond acceptors (Lipinski definition) is 2. The first-order chi connectivity index (χ1) is 9.58. The predicted octanol–water partition coefficient (Wildman–Crippen LogP) is 3.45. The Kier molecular flexibility index (Phi) is 11.4. The van der Waals surface area contributed by atoms with E-state index in [2.05, 4.69) is 21.5 Å². The van der Waals surface area contributed by atoms with Gasteiger partial charge in [0.15, 0.2) is 5.96 Å². The lowest BCUT2D eigenvalue weighted by Gasteiger charge is -2.22. The lowest BCUT2D eigenvalue weighted by molar-refractivity contribution is 0.461. The summed E-state index contributed by atoms with van der Waals surface area (Å²) in [4.78, 5) is 6.43. The molecule has 122 valence electrons. The molecule has 0 fully saturated rings. The van der Waals surface area contributed by atoms with Crippen LogP contribution in [-0.4, -0.2) is 48.1 Å². The van der Waals surface area contributed by atoms with Gasteiger partial charge in [-0.05, 0) is 30.9 Å². The molecule has 1 N–H and O–H groups in total. The molecule has 21 heavy (non-hydrogen) atoms. The maximum atomic E-state index is 6.01. The number of hydrogen-bond donors (Lipinski definition) is 1. The fraction of sp³-hybridized carbons (Fsp3) is 0.643. The molecule has 1 rings (SSSR count). The van der Waals surface area contributed by atoms with Gasteiger partial charge in [0.1, 0.15) is 0 Å². The number of rotatable bonds is 7. The molecule has 0 aliphatic carbocycles. The van der Waals surface area contributed by atoms with Crippen molar-refractivity contribution in [1.82, 2.24) is 14.8 Å². The van der Waals surface area contributed by atoms with Crippen molar-refractivity contribution in [1.29, 1.82) is 0 Å². The minimum Gasteiger partial charge on any atom is -0.356 e. The van der Waals surface area contributed by atoms with Gasteiger partial charge in [0.05, 0.1) is 11.6 Å². The molecule has 0 aliphatic rings. The van der Waals surface area contributed by atoms with E-state index in [-0.39, 0.29) is 24.0 Å². The van der Waals surface area contributed by atoms with Gasteiger partial charge < -0.3 is 14.8 Å². The van der Waals surface area contributed by atoms with E-state index in [4.69, 9.17) is 11.6 Å². The zero-order valence-electron chi connectivity index (χ0n) is 13.2. The Balaban J connectivity index is 0.00000400. The first kappa shape index (κ1) is 20.9. The van der Waals surface area contributed by atoms with Crippen LogP contribution in [-0.2, 0) is 13.6 Å². The SMILES string of the molecule is CN=C(NCCCCSC)N(C)Cc1cc(Cl)cn1C.I. The summed E-state index contributed by atoms with van der Waals surface area (Å²) in [7, 11) is 5.87. The molecule has 0 aliphatic heterocycles. The summed E-state index contributed by atoms with van der Waals surface area (Å²) in [6.07, 6.45) is 6.47. The minimum absolute atomic E-state index is 0. The molecule has 0 unspecified atom stereocenters. The van der Waals surface area contributed by atoms with Crippen LogP contribution in [0.5, 0.6) is 0 Å². The number of aliphatic imine (C=N–C) groups is 1. The number of nitrogens with zero attached hydrogens (tertiary/aromatic N) is 3. The summed E-state index contributed by atoms with van der Waals surface area (Å²) in [6, 6.07) is 1.99. The number of aryl methyl sites for hydroxylation is 1. The van der Waals surface area contributed by atoms with Gasteiger partial charge >= 0.3 is 0 Å². The summed E-state index contributed by atoms with van der Waals surface area (Å²) in [5, 5.41) is 4.17. The average molecular weight is 445 g/mol. The van der Waals surface area contributed by atoms with Crippen molar-refractivity contribution >= 4 is 53.3 Å². The molecule has 0 amide bonds. The van der Waals surface area contributed by atoms with Crippen molar-refractivity contribution in [3.63, 3.8) is 0 Å². The van der Waals surface area contributed by atoms with Crippen LogP contribution in [0.1, 0.15) is 18.5 Å². The number of halogens is 2. The van der Waals surface area contributed by atoms with E-state index in [0.29, 0.717) is 0 Å². The number of unbranched alkanes of at least 4 members (excludes halogenated alkanes) is 1. The van der Waals surface area contributed by atoms with Crippen LogP contribution < -0.4 is 5.32 Å². The van der Waals surface area contributed by atoms with Gasteiger partial charge in [-0.1, -0.05) is 11.6 Å². The number of nitrogens with one attached hydrogen (secondary N) is 1. The molecule has 0 saturated heterocycles. The highest BCUT2D eigenvalue weighted by Gasteiger charge is 2.09. The second-order valence-electron chi connectivity index (χ2n) is 4.79. The van der Waals surface area contributed by atoms with Gasteiger partial charge in [0.25, 0.3) is 0 Å². The Morgan fingerprint density at radius 1 is 1.48 bits per heavy atom. The first-order valence-corrected chi connectivity index (χ1v) is 8.57. The fourth-order valence-electron chi connectivity index (χ4n) is 2.00. The van der Waals surface area contributed by atoms with Gasteiger partial charge in [0, 0.05) is 39.6 Å². The van der Waals surface area contributed by atoms with Gasteiger partial charge in [-0.2, -0.15) is 11.8 Å². The standard InChI is InChI=1S/C14H25ClN4S.HI/c1-16-14(17-7-5-6-8-20-4)19(3)11-13-9-12(15)10-18(13)2;/h9-10H,5-8,11H2,1-4H3,(H,16,17);1H.